The van der Waals surface area contributed by atoms with Crippen LogP contribution in [0.3, 0.4) is 0 Å². The number of aromatic nitrogens is 1. The molecule has 0 saturated heterocycles. The summed E-state index contributed by atoms with van der Waals surface area (Å²) in [4.78, 5) is 42.5. The minimum atomic E-state index is -0.487. The summed E-state index contributed by atoms with van der Waals surface area (Å²) < 4.78 is 4.72. The zero-order chi connectivity index (χ0) is 26.5. The molecule has 0 radical (unpaired) electrons. The van der Waals surface area contributed by atoms with Gasteiger partial charge in [0, 0.05) is 27.9 Å². The Bertz CT molecular complexity index is 1650. The summed E-state index contributed by atoms with van der Waals surface area (Å²) in [7, 11) is 1.30. The molecule has 5 aromatic rings. The summed E-state index contributed by atoms with van der Waals surface area (Å²) in [6, 6.07) is 32.1. The monoisotopic (exact) mass is 501 g/mol. The molecule has 0 aliphatic heterocycles. The average molecular weight is 502 g/mol. The zero-order valence-corrected chi connectivity index (χ0v) is 20.5. The highest BCUT2D eigenvalue weighted by Gasteiger charge is 2.15. The van der Waals surface area contributed by atoms with Gasteiger partial charge in [-0.05, 0) is 54.6 Å². The molecule has 1 aromatic heterocycles. The number of anilines is 2. The van der Waals surface area contributed by atoms with Crippen LogP contribution < -0.4 is 10.6 Å². The van der Waals surface area contributed by atoms with Crippen LogP contribution >= 0.6 is 0 Å². The van der Waals surface area contributed by atoms with E-state index in [0.717, 1.165) is 16.5 Å². The number of methoxy groups -OCH3 is 1. The summed E-state index contributed by atoms with van der Waals surface area (Å²) in [6.07, 6.45) is 0. The number of ether oxygens (including phenoxy) is 1. The highest BCUT2D eigenvalue weighted by molar-refractivity contribution is 6.13. The molecule has 2 amide bonds. The number of benzene rings is 4. The molecule has 0 aliphatic carbocycles. The first-order chi connectivity index (χ1) is 18.5. The maximum Gasteiger partial charge on any atom is 0.337 e. The van der Waals surface area contributed by atoms with Crippen LogP contribution in [0.4, 0.5) is 11.4 Å². The number of nitrogens with zero attached hydrogens (tertiary/aromatic N) is 1. The van der Waals surface area contributed by atoms with Gasteiger partial charge in [-0.2, -0.15) is 0 Å². The van der Waals surface area contributed by atoms with E-state index in [2.05, 4.69) is 10.6 Å². The van der Waals surface area contributed by atoms with E-state index in [1.807, 2.05) is 54.6 Å². The summed E-state index contributed by atoms with van der Waals surface area (Å²) in [5.41, 5.74) is 4.59. The SMILES string of the molecule is COC(=O)c1cccc(NC(=O)c2ccc(NC(=O)c3cc(-c4ccccc4)nc4ccccc34)cc2)c1. The molecule has 4 aromatic carbocycles. The number of para-hydroxylation sites is 1. The number of rotatable bonds is 6. The van der Waals surface area contributed by atoms with Crippen molar-refractivity contribution in [1.82, 2.24) is 4.98 Å². The van der Waals surface area contributed by atoms with Gasteiger partial charge in [-0.15, -0.1) is 0 Å². The molecule has 1 heterocycles. The van der Waals surface area contributed by atoms with E-state index in [4.69, 9.17) is 9.72 Å². The Hall–Kier alpha value is -5.30. The molecule has 38 heavy (non-hydrogen) atoms. The average Bonchev–Trinajstić information content (AvgIpc) is 2.97. The lowest BCUT2D eigenvalue weighted by molar-refractivity contribution is 0.0600. The van der Waals surface area contributed by atoms with E-state index >= 15 is 0 Å². The Morgan fingerprint density at radius 3 is 2.13 bits per heavy atom. The lowest BCUT2D eigenvalue weighted by Gasteiger charge is -2.11. The van der Waals surface area contributed by atoms with Gasteiger partial charge in [0.25, 0.3) is 11.8 Å². The maximum atomic E-state index is 13.3. The molecule has 0 saturated carbocycles. The Kier molecular flexibility index (Phi) is 6.91. The van der Waals surface area contributed by atoms with Gasteiger partial charge in [0.2, 0.25) is 0 Å². The van der Waals surface area contributed by atoms with Crippen LogP contribution in [0.1, 0.15) is 31.1 Å². The normalized spacial score (nSPS) is 10.6. The van der Waals surface area contributed by atoms with Crippen molar-refractivity contribution in [2.24, 2.45) is 0 Å². The van der Waals surface area contributed by atoms with Gasteiger partial charge in [-0.3, -0.25) is 9.59 Å². The Labute approximate surface area is 219 Å². The molecule has 7 heteroatoms. The number of carbonyl (C=O) groups excluding carboxylic acids is 3. The van der Waals surface area contributed by atoms with Crippen LogP contribution in [0.15, 0.2) is 109 Å². The van der Waals surface area contributed by atoms with Crippen molar-refractivity contribution in [2.45, 2.75) is 0 Å². The van der Waals surface area contributed by atoms with E-state index in [9.17, 15) is 14.4 Å². The van der Waals surface area contributed by atoms with Crippen LogP contribution in [0.5, 0.6) is 0 Å². The maximum absolute atomic E-state index is 13.3. The zero-order valence-electron chi connectivity index (χ0n) is 20.5. The Balaban J connectivity index is 1.34. The molecule has 0 fully saturated rings. The molecule has 0 aliphatic rings. The van der Waals surface area contributed by atoms with Gasteiger partial charge >= 0.3 is 5.97 Å². The summed E-state index contributed by atoms with van der Waals surface area (Å²) in [5.74, 6) is -1.12. The molecule has 5 rings (SSSR count). The lowest BCUT2D eigenvalue weighted by atomic mass is 10.0. The lowest BCUT2D eigenvalue weighted by Crippen LogP contribution is -2.14. The second kappa shape index (κ2) is 10.8. The number of amides is 2. The van der Waals surface area contributed by atoms with E-state index < -0.39 is 5.97 Å². The molecular formula is C31H23N3O4. The number of esters is 1. The molecule has 0 atom stereocenters. The molecule has 0 unspecified atom stereocenters. The van der Waals surface area contributed by atoms with Gasteiger partial charge in [-0.1, -0.05) is 54.6 Å². The third kappa shape index (κ3) is 5.27. The number of fused-ring (bicyclic) bond motifs is 1. The number of hydrogen-bond acceptors (Lipinski definition) is 5. The largest absolute Gasteiger partial charge is 0.465 e. The second-order valence-corrected chi connectivity index (χ2v) is 8.50. The first-order valence-corrected chi connectivity index (χ1v) is 11.9. The van der Waals surface area contributed by atoms with E-state index in [1.54, 1.807) is 54.6 Å². The molecule has 0 bridgehead atoms. The van der Waals surface area contributed by atoms with E-state index in [0.29, 0.717) is 33.8 Å². The van der Waals surface area contributed by atoms with Crippen molar-refractivity contribution in [3.05, 3.63) is 126 Å². The van der Waals surface area contributed by atoms with Crippen molar-refractivity contribution in [1.29, 1.82) is 0 Å². The Morgan fingerprint density at radius 1 is 0.658 bits per heavy atom. The smallest absolute Gasteiger partial charge is 0.337 e. The topological polar surface area (TPSA) is 97.4 Å². The van der Waals surface area contributed by atoms with Crippen LogP contribution in [-0.2, 0) is 4.74 Å². The van der Waals surface area contributed by atoms with Gasteiger partial charge in [0.05, 0.1) is 29.4 Å². The van der Waals surface area contributed by atoms with Crippen molar-refractivity contribution in [3.8, 4) is 11.3 Å². The molecule has 7 nitrogen and oxygen atoms in total. The first-order valence-electron chi connectivity index (χ1n) is 11.9. The minimum Gasteiger partial charge on any atom is -0.465 e. The van der Waals surface area contributed by atoms with Crippen LogP contribution in [0, 0.1) is 0 Å². The van der Waals surface area contributed by atoms with Crippen molar-refractivity contribution < 1.29 is 19.1 Å². The number of nitrogens with one attached hydrogen (secondary N) is 2. The van der Waals surface area contributed by atoms with Crippen LogP contribution in [-0.4, -0.2) is 29.9 Å². The molecular weight excluding hydrogens is 478 g/mol. The second-order valence-electron chi connectivity index (χ2n) is 8.50. The molecule has 0 spiro atoms. The predicted molar refractivity (Wildman–Crippen MR) is 147 cm³/mol. The standard InChI is InChI=1S/C31H23N3O4/c1-38-31(37)22-10-7-11-24(18-22)33-29(35)21-14-16-23(17-15-21)32-30(36)26-19-28(20-8-3-2-4-9-20)34-27-13-6-5-12-25(26)27/h2-19H,1H3,(H,32,36)(H,33,35). The third-order valence-electron chi connectivity index (χ3n) is 5.98. The van der Waals surface area contributed by atoms with Crippen LogP contribution in [0.25, 0.3) is 22.2 Å². The van der Waals surface area contributed by atoms with E-state index in [-0.39, 0.29) is 11.8 Å². The van der Waals surface area contributed by atoms with Crippen molar-refractivity contribution >= 4 is 40.1 Å². The van der Waals surface area contributed by atoms with Crippen molar-refractivity contribution in [2.75, 3.05) is 17.7 Å². The van der Waals surface area contributed by atoms with Crippen LogP contribution in [0.2, 0.25) is 0 Å². The van der Waals surface area contributed by atoms with Gasteiger partial charge < -0.3 is 15.4 Å². The Morgan fingerprint density at radius 2 is 1.37 bits per heavy atom. The summed E-state index contributed by atoms with van der Waals surface area (Å²) in [6.45, 7) is 0. The highest BCUT2D eigenvalue weighted by Crippen LogP contribution is 2.26. The summed E-state index contributed by atoms with van der Waals surface area (Å²) in [5, 5.41) is 6.43. The fourth-order valence-corrected chi connectivity index (χ4v) is 4.07. The number of pyridine rings is 1. The van der Waals surface area contributed by atoms with E-state index in [1.165, 1.54) is 7.11 Å². The predicted octanol–water partition coefficient (Wildman–Crippen LogP) is 6.19. The van der Waals surface area contributed by atoms with Crippen molar-refractivity contribution in [3.63, 3.8) is 0 Å². The molecule has 2 N–H and O–H groups in total. The first kappa shape index (κ1) is 24.4. The highest BCUT2D eigenvalue weighted by atomic mass is 16.5. The van der Waals surface area contributed by atoms with Gasteiger partial charge in [0.1, 0.15) is 0 Å². The van der Waals surface area contributed by atoms with Gasteiger partial charge in [0.15, 0.2) is 0 Å². The quantitative estimate of drug-likeness (QED) is 0.270. The fraction of sp³-hybridized carbons (Fsp3) is 0.0323. The van der Waals surface area contributed by atoms with Gasteiger partial charge in [-0.25, -0.2) is 9.78 Å². The fourth-order valence-electron chi connectivity index (χ4n) is 4.07. The molecule has 186 valence electrons. The summed E-state index contributed by atoms with van der Waals surface area (Å²) >= 11 is 0. The number of carbonyl (C=O) groups is 3. The third-order valence-corrected chi connectivity index (χ3v) is 5.98. The number of hydrogen-bond donors (Lipinski definition) is 2. The minimum absolute atomic E-state index is 0.280.